The fourth-order valence-electron chi connectivity index (χ4n) is 4.48. The van der Waals surface area contributed by atoms with Crippen molar-refractivity contribution < 1.29 is 4.79 Å². The summed E-state index contributed by atoms with van der Waals surface area (Å²) in [7, 11) is 0. The van der Waals surface area contributed by atoms with E-state index in [1.54, 1.807) is 0 Å². The molecule has 17 heavy (non-hydrogen) atoms. The molecule has 4 rings (SSSR count). The van der Waals surface area contributed by atoms with Crippen molar-refractivity contribution in [2.24, 2.45) is 17.8 Å². The number of rotatable bonds is 2. The van der Waals surface area contributed by atoms with Crippen molar-refractivity contribution in [2.75, 3.05) is 13.1 Å². The second kappa shape index (κ2) is 3.71. The van der Waals surface area contributed by atoms with Gasteiger partial charge >= 0.3 is 0 Å². The minimum absolute atomic E-state index is 0.356. The summed E-state index contributed by atoms with van der Waals surface area (Å²) in [5.41, 5.74) is 0. The van der Waals surface area contributed by atoms with Crippen molar-refractivity contribution in [3.63, 3.8) is 0 Å². The van der Waals surface area contributed by atoms with Crippen LogP contribution in [-0.2, 0) is 4.79 Å². The van der Waals surface area contributed by atoms with Crippen LogP contribution >= 0.6 is 0 Å². The summed E-state index contributed by atoms with van der Waals surface area (Å²) in [5.74, 6) is 2.56. The quantitative estimate of drug-likeness (QED) is 0.783. The molecule has 2 saturated heterocycles. The minimum Gasteiger partial charge on any atom is -0.352 e. The molecule has 3 heteroatoms. The predicted octanol–water partition coefficient (Wildman–Crippen LogP) is 1.39. The Morgan fingerprint density at radius 2 is 1.88 bits per heavy atom. The van der Waals surface area contributed by atoms with Gasteiger partial charge < -0.3 is 5.32 Å². The van der Waals surface area contributed by atoms with Crippen molar-refractivity contribution in [1.29, 1.82) is 0 Å². The third kappa shape index (κ3) is 1.70. The number of hydrogen-bond acceptors (Lipinski definition) is 2. The maximum Gasteiger partial charge on any atom is 0.223 e. The maximum absolute atomic E-state index is 12.2. The summed E-state index contributed by atoms with van der Waals surface area (Å²) in [5, 5.41) is 3.35. The lowest BCUT2D eigenvalue weighted by atomic mass is 10.0. The molecule has 2 aliphatic carbocycles. The van der Waals surface area contributed by atoms with Gasteiger partial charge in [0.25, 0.3) is 0 Å². The molecule has 0 aromatic heterocycles. The predicted molar refractivity (Wildman–Crippen MR) is 65.5 cm³/mol. The molecule has 0 spiro atoms. The van der Waals surface area contributed by atoms with Gasteiger partial charge in [-0.25, -0.2) is 0 Å². The first-order valence-corrected chi connectivity index (χ1v) is 7.35. The van der Waals surface area contributed by atoms with E-state index in [-0.39, 0.29) is 0 Å². The van der Waals surface area contributed by atoms with Crippen LogP contribution in [0.5, 0.6) is 0 Å². The molecule has 3 nitrogen and oxygen atoms in total. The Hall–Kier alpha value is -0.570. The summed E-state index contributed by atoms with van der Waals surface area (Å²) in [6.07, 6.45) is 7.56. The van der Waals surface area contributed by atoms with Gasteiger partial charge in [-0.3, -0.25) is 9.69 Å². The molecule has 1 amide bonds. The summed E-state index contributed by atoms with van der Waals surface area (Å²) in [4.78, 5) is 14.8. The molecule has 2 aliphatic heterocycles. The van der Waals surface area contributed by atoms with E-state index >= 15 is 0 Å². The van der Waals surface area contributed by atoms with Gasteiger partial charge in [0.2, 0.25) is 5.91 Å². The fraction of sp³-hybridized carbons (Fsp3) is 0.929. The molecule has 4 unspecified atom stereocenters. The molecular formula is C14H22N2O. The molecule has 4 atom stereocenters. The topological polar surface area (TPSA) is 32.3 Å². The van der Waals surface area contributed by atoms with Crippen LogP contribution in [0, 0.1) is 17.8 Å². The van der Waals surface area contributed by atoms with E-state index in [0.29, 0.717) is 23.9 Å². The highest BCUT2D eigenvalue weighted by atomic mass is 16.2. The van der Waals surface area contributed by atoms with Crippen molar-refractivity contribution in [3.05, 3.63) is 0 Å². The number of hydrogen-bond donors (Lipinski definition) is 1. The third-order valence-corrected chi connectivity index (χ3v) is 5.55. The Morgan fingerprint density at radius 3 is 2.71 bits per heavy atom. The average molecular weight is 234 g/mol. The van der Waals surface area contributed by atoms with Crippen LogP contribution < -0.4 is 5.32 Å². The Balaban J connectivity index is 1.35. The average Bonchev–Trinajstić information content (AvgIpc) is 2.77. The normalized spacial score (nSPS) is 47.9. The van der Waals surface area contributed by atoms with Gasteiger partial charge in [-0.2, -0.15) is 0 Å². The van der Waals surface area contributed by atoms with Crippen LogP contribution in [0.25, 0.3) is 0 Å². The van der Waals surface area contributed by atoms with Crippen LogP contribution in [-0.4, -0.2) is 36.0 Å². The molecule has 94 valence electrons. The van der Waals surface area contributed by atoms with Gasteiger partial charge in [-0.05, 0) is 56.9 Å². The largest absolute Gasteiger partial charge is 0.352 e. The Bertz CT molecular complexity index is 333. The van der Waals surface area contributed by atoms with E-state index in [4.69, 9.17) is 0 Å². The zero-order valence-electron chi connectivity index (χ0n) is 10.4. The monoisotopic (exact) mass is 234 g/mol. The van der Waals surface area contributed by atoms with Gasteiger partial charge in [-0.15, -0.1) is 0 Å². The lowest BCUT2D eigenvalue weighted by molar-refractivity contribution is -0.126. The molecule has 0 bridgehead atoms. The summed E-state index contributed by atoms with van der Waals surface area (Å²) in [6, 6.07) is 1.12. The molecule has 2 heterocycles. The lowest BCUT2D eigenvalue weighted by Crippen LogP contribution is -2.44. The van der Waals surface area contributed by atoms with Gasteiger partial charge in [-0.1, -0.05) is 0 Å². The van der Waals surface area contributed by atoms with E-state index in [2.05, 4.69) is 10.2 Å². The summed E-state index contributed by atoms with van der Waals surface area (Å²) in [6.45, 7) is 2.45. The molecule has 4 aliphatic rings. The Morgan fingerprint density at radius 1 is 1.06 bits per heavy atom. The number of nitrogens with one attached hydrogen (secondary N) is 1. The van der Waals surface area contributed by atoms with Gasteiger partial charge in [0.05, 0.1) is 0 Å². The van der Waals surface area contributed by atoms with Crippen molar-refractivity contribution >= 4 is 5.91 Å². The zero-order valence-corrected chi connectivity index (χ0v) is 10.4. The molecule has 0 aromatic rings. The number of amides is 1. The third-order valence-electron chi connectivity index (χ3n) is 5.55. The van der Waals surface area contributed by atoms with Crippen LogP contribution in [0.4, 0.5) is 0 Å². The van der Waals surface area contributed by atoms with Crippen LogP contribution in [0.2, 0.25) is 0 Å². The fourth-order valence-corrected chi connectivity index (χ4v) is 4.48. The molecule has 4 fully saturated rings. The minimum atomic E-state index is 0.356. The van der Waals surface area contributed by atoms with E-state index < -0.39 is 0 Å². The van der Waals surface area contributed by atoms with E-state index in [0.717, 1.165) is 11.8 Å². The second-order valence-corrected chi connectivity index (χ2v) is 6.57. The van der Waals surface area contributed by atoms with E-state index in [1.807, 2.05) is 0 Å². The molecule has 1 N–H and O–H groups in total. The van der Waals surface area contributed by atoms with Crippen LogP contribution in [0.15, 0.2) is 0 Å². The lowest BCUT2D eigenvalue weighted by Gasteiger charge is -2.23. The van der Waals surface area contributed by atoms with Crippen molar-refractivity contribution in [3.8, 4) is 0 Å². The highest BCUT2D eigenvalue weighted by Crippen LogP contribution is 2.54. The SMILES string of the molecule is O=C(NC1CCN2CCCC12)C1CC2CC2C1. The molecule has 0 aromatic carbocycles. The van der Waals surface area contributed by atoms with Crippen molar-refractivity contribution in [1.82, 2.24) is 10.2 Å². The molecular weight excluding hydrogens is 212 g/mol. The number of carbonyl (C=O) groups excluding carboxylic acids is 1. The number of nitrogens with zero attached hydrogens (tertiary/aromatic N) is 1. The zero-order chi connectivity index (χ0) is 11.4. The van der Waals surface area contributed by atoms with Gasteiger partial charge in [0.15, 0.2) is 0 Å². The smallest absolute Gasteiger partial charge is 0.223 e. The first-order valence-electron chi connectivity index (χ1n) is 7.35. The first kappa shape index (κ1) is 10.4. The van der Waals surface area contributed by atoms with Crippen LogP contribution in [0.3, 0.4) is 0 Å². The Labute approximate surface area is 103 Å². The van der Waals surface area contributed by atoms with Crippen LogP contribution in [0.1, 0.15) is 38.5 Å². The Kier molecular flexibility index (Phi) is 2.26. The molecule has 0 radical (unpaired) electrons. The highest BCUT2D eigenvalue weighted by molar-refractivity contribution is 5.79. The first-order chi connectivity index (χ1) is 8.31. The second-order valence-electron chi connectivity index (χ2n) is 6.57. The standard InChI is InChI=1S/C14H22N2O/c17-14(11-7-9-6-10(9)8-11)15-12-3-5-16-4-1-2-13(12)16/h9-13H,1-8H2,(H,15,17). The van der Waals surface area contributed by atoms with Gasteiger partial charge in [0.1, 0.15) is 0 Å². The van der Waals surface area contributed by atoms with Crippen molar-refractivity contribution in [2.45, 2.75) is 50.6 Å². The summed E-state index contributed by atoms with van der Waals surface area (Å²) < 4.78 is 0. The highest BCUT2D eigenvalue weighted by Gasteiger charge is 2.48. The maximum atomic E-state index is 12.2. The van der Waals surface area contributed by atoms with E-state index in [1.165, 1.54) is 51.6 Å². The number of fused-ring (bicyclic) bond motifs is 2. The number of carbonyl (C=O) groups is 1. The molecule has 2 saturated carbocycles. The van der Waals surface area contributed by atoms with E-state index in [9.17, 15) is 4.79 Å². The van der Waals surface area contributed by atoms with Gasteiger partial charge in [0, 0.05) is 24.5 Å². The summed E-state index contributed by atoms with van der Waals surface area (Å²) >= 11 is 0.